The zero-order chi connectivity index (χ0) is 29.1. The van der Waals surface area contributed by atoms with Crippen LogP contribution in [0.1, 0.15) is 27.4 Å². The first-order chi connectivity index (χ1) is 19.7. The van der Waals surface area contributed by atoms with Crippen LogP contribution in [0, 0.1) is 0 Å². The topological polar surface area (TPSA) is 106 Å². The molecule has 0 saturated carbocycles. The number of morpholine rings is 1. The fraction of sp³-hybridized carbons (Fsp3) is 0.310. The van der Waals surface area contributed by atoms with Crippen LogP contribution in [0.15, 0.2) is 71.6 Å². The van der Waals surface area contributed by atoms with Gasteiger partial charge in [0.1, 0.15) is 5.75 Å². The summed E-state index contributed by atoms with van der Waals surface area (Å²) >= 11 is 6.39. The van der Waals surface area contributed by atoms with Crippen LogP contribution in [0.25, 0.3) is 0 Å². The zero-order valence-corrected chi connectivity index (χ0v) is 24.2. The monoisotopic (exact) mass is 599 g/mol. The Bertz CT molecular complexity index is 1540. The van der Waals surface area contributed by atoms with E-state index < -0.39 is 22.0 Å². The number of ether oxygens (including phenoxy) is 3. The number of sulfonamides is 1. The highest BCUT2D eigenvalue weighted by Gasteiger charge is 2.42. The second-order valence-electron chi connectivity index (χ2n) is 9.59. The molecule has 2 heterocycles. The molecule has 10 nitrogen and oxygen atoms in total. The van der Waals surface area contributed by atoms with E-state index in [4.69, 9.17) is 25.8 Å². The molecule has 0 radical (unpaired) electrons. The smallest absolute Gasteiger partial charge is 0.425 e. The van der Waals surface area contributed by atoms with Gasteiger partial charge in [0.2, 0.25) is 0 Å². The number of methoxy groups -OCH3 is 2. The van der Waals surface area contributed by atoms with Gasteiger partial charge in [-0.15, -0.1) is 4.41 Å². The van der Waals surface area contributed by atoms with Crippen LogP contribution in [0.4, 0.5) is 10.5 Å². The maximum Gasteiger partial charge on any atom is 0.425 e. The van der Waals surface area contributed by atoms with Gasteiger partial charge in [-0.1, -0.05) is 29.8 Å². The quantitative estimate of drug-likeness (QED) is 0.385. The Morgan fingerprint density at radius 1 is 0.976 bits per heavy atom. The Kier molecular flexibility index (Phi) is 8.50. The number of hydrogen-bond donors (Lipinski definition) is 0. The summed E-state index contributed by atoms with van der Waals surface area (Å²) < 4.78 is 44.5. The van der Waals surface area contributed by atoms with Gasteiger partial charge in [-0.05, 0) is 59.7 Å². The number of ketones is 1. The minimum absolute atomic E-state index is 0.0508. The van der Waals surface area contributed by atoms with Crippen LogP contribution in [0.2, 0.25) is 5.02 Å². The summed E-state index contributed by atoms with van der Waals surface area (Å²) in [4.78, 5) is 29.6. The fourth-order valence-electron chi connectivity index (χ4n) is 5.16. The lowest BCUT2D eigenvalue weighted by atomic mass is 9.87. The van der Waals surface area contributed by atoms with Crippen molar-refractivity contribution in [2.24, 2.45) is 0 Å². The van der Waals surface area contributed by atoms with Crippen molar-refractivity contribution >= 4 is 39.2 Å². The first kappa shape index (κ1) is 28.9. The van der Waals surface area contributed by atoms with Gasteiger partial charge in [0.15, 0.2) is 5.78 Å². The lowest BCUT2D eigenvalue weighted by Gasteiger charge is -2.33. The summed E-state index contributed by atoms with van der Waals surface area (Å²) in [6.45, 7) is 1.83. The molecule has 1 atom stereocenters. The average molecular weight is 600 g/mol. The Labute approximate surface area is 244 Å². The van der Waals surface area contributed by atoms with E-state index in [0.29, 0.717) is 53.8 Å². The lowest BCUT2D eigenvalue weighted by Crippen LogP contribution is -2.50. The molecular formula is C29H30ClN3O7S. The summed E-state index contributed by atoms with van der Waals surface area (Å²) in [5.74, 6) is -0.719. The highest BCUT2D eigenvalue weighted by Crippen LogP contribution is 2.37. The molecule has 1 fully saturated rings. The van der Waals surface area contributed by atoms with Gasteiger partial charge in [0, 0.05) is 29.4 Å². The summed E-state index contributed by atoms with van der Waals surface area (Å²) in [5.41, 5.74) is 2.29. The summed E-state index contributed by atoms with van der Waals surface area (Å²) in [6.07, 6.45) is -0.916. The highest BCUT2D eigenvalue weighted by molar-refractivity contribution is 7.89. The number of nitrogens with zero attached hydrogens (tertiary/aromatic N) is 3. The van der Waals surface area contributed by atoms with Gasteiger partial charge in [-0.3, -0.25) is 4.79 Å². The Morgan fingerprint density at radius 3 is 2.37 bits per heavy atom. The number of rotatable bonds is 6. The van der Waals surface area contributed by atoms with Crippen LogP contribution in [-0.2, 0) is 26.0 Å². The van der Waals surface area contributed by atoms with Crippen molar-refractivity contribution in [1.82, 2.24) is 9.42 Å². The van der Waals surface area contributed by atoms with Crippen LogP contribution in [0.3, 0.4) is 0 Å². The van der Waals surface area contributed by atoms with Crippen molar-refractivity contribution in [3.63, 3.8) is 0 Å². The zero-order valence-electron chi connectivity index (χ0n) is 22.7. The predicted octanol–water partition coefficient (Wildman–Crippen LogP) is 4.34. The Morgan fingerprint density at radius 2 is 1.68 bits per heavy atom. The number of carbonyl (C=O) groups excluding carboxylic acids is 2. The molecule has 216 valence electrons. The highest BCUT2D eigenvalue weighted by atomic mass is 35.5. The average Bonchev–Trinajstić information content (AvgIpc) is 3.18. The number of benzene rings is 3. The van der Waals surface area contributed by atoms with E-state index >= 15 is 0 Å². The number of halogens is 1. The van der Waals surface area contributed by atoms with Gasteiger partial charge < -0.3 is 19.1 Å². The summed E-state index contributed by atoms with van der Waals surface area (Å²) in [5, 5.41) is 1.37. The third-order valence-electron chi connectivity index (χ3n) is 7.27. The number of Topliss-reactive ketones (excluding diaryl/α,β-unsaturated/α-hetero) is 1. The molecule has 1 saturated heterocycles. The predicted molar refractivity (Wildman–Crippen MR) is 153 cm³/mol. The van der Waals surface area contributed by atoms with Crippen LogP contribution < -0.4 is 9.64 Å². The van der Waals surface area contributed by atoms with Crippen molar-refractivity contribution in [2.75, 3.05) is 52.0 Å². The number of amides is 1. The van der Waals surface area contributed by atoms with E-state index in [9.17, 15) is 18.0 Å². The minimum atomic E-state index is -4.27. The third kappa shape index (κ3) is 5.76. The van der Waals surface area contributed by atoms with E-state index in [0.717, 1.165) is 15.1 Å². The lowest BCUT2D eigenvalue weighted by molar-refractivity contribution is 0.0378. The molecule has 12 heteroatoms. The van der Waals surface area contributed by atoms with Crippen molar-refractivity contribution in [1.29, 1.82) is 0 Å². The number of carbonyl (C=O) groups is 2. The van der Waals surface area contributed by atoms with E-state index in [1.807, 2.05) is 12.1 Å². The van der Waals surface area contributed by atoms with Crippen LogP contribution in [-0.4, -0.2) is 76.8 Å². The Balaban J connectivity index is 1.61. The fourth-order valence-corrected chi connectivity index (χ4v) is 6.76. The first-order valence-corrected chi connectivity index (χ1v) is 14.8. The molecule has 0 aliphatic carbocycles. The van der Waals surface area contributed by atoms with Crippen LogP contribution in [0.5, 0.6) is 5.75 Å². The molecule has 3 aromatic carbocycles. The van der Waals surface area contributed by atoms with E-state index in [1.165, 1.54) is 38.5 Å². The second kappa shape index (κ2) is 12.1. The van der Waals surface area contributed by atoms with Crippen molar-refractivity contribution in [3.8, 4) is 5.75 Å². The van der Waals surface area contributed by atoms with Gasteiger partial charge >= 0.3 is 6.09 Å². The van der Waals surface area contributed by atoms with Crippen LogP contribution >= 0.6 is 11.6 Å². The van der Waals surface area contributed by atoms with Crippen molar-refractivity contribution in [2.45, 2.75) is 17.4 Å². The molecule has 5 rings (SSSR count). The summed E-state index contributed by atoms with van der Waals surface area (Å²) in [7, 11) is -1.62. The molecule has 0 N–H and O–H groups in total. The minimum Gasteiger partial charge on any atom is -0.497 e. The molecule has 0 bridgehead atoms. The Hall–Kier alpha value is -3.64. The second-order valence-corrected chi connectivity index (χ2v) is 11.9. The molecule has 1 unspecified atom stereocenters. The number of fused-ring (bicyclic) bond motifs is 1. The molecule has 41 heavy (non-hydrogen) atoms. The number of hydrogen-bond acceptors (Lipinski definition) is 8. The molecule has 2 aliphatic rings. The largest absolute Gasteiger partial charge is 0.497 e. The van der Waals surface area contributed by atoms with Gasteiger partial charge in [-0.25, -0.2) is 18.2 Å². The number of hydrazine groups is 1. The normalized spacial score (nSPS) is 17.9. The van der Waals surface area contributed by atoms with Crippen molar-refractivity contribution in [3.05, 3.63) is 88.4 Å². The van der Waals surface area contributed by atoms with E-state index in [2.05, 4.69) is 4.90 Å². The molecule has 3 aromatic rings. The van der Waals surface area contributed by atoms with Gasteiger partial charge in [0.05, 0.1) is 51.3 Å². The molecule has 0 spiro atoms. The number of para-hydroxylation sites is 1. The van der Waals surface area contributed by atoms with Gasteiger partial charge in [-0.2, -0.15) is 0 Å². The number of anilines is 1. The molecule has 1 amide bonds. The molecular weight excluding hydrogens is 570 g/mol. The molecule has 0 aromatic heterocycles. The summed E-state index contributed by atoms with van der Waals surface area (Å²) in [6, 6.07) is 18.1. The molecule has 2 aliphatic heterocycles. The van der Waals surface area contributed by atoms with Crippen molar-refractivity contribution < 1.29 is 32.2 Å². The SMILES string of the molecule is COC(=O)N1CC(C(=O)c2ccccc2N2CCOCC2)c2cc(Cl)ccc2CN1S(=O)(=O)c1ccc(OC)cc1. The standard InChI is InChI=1S/C29H30ClN3O7S/c1-38-22-9-11-23(12-10-22)41(36,37)33-18-20-7-8-21(30)17-25(20)26(19-32(33)29(35)39-2)28(34)24-5-3-4-6-27(24)31-13-15-40-16-14-31/h3-12,17,26H,13-16,18-19H2,1-2H3. The maximum atomic E-state index is 14.4. The maximum absolute atomic E-state index is 14.4. The van der Waals surface area contributed by atoms with Gasteiger partial charge in [0.25, 0.3) is 10.0 Å². The first-order valence-electron chi connectivity index (χ1n) is 13.0. The third-order valence-corrected chi connectivity index (χ3v) is 9.26. The van der Waals surface area contributed by atoms with E-state index in [1.54, 1.807) is 30.3 Å². The van der Waals surface area contributed by atoms with E-state index in [-0.39, 0.29) is 23.8 Å².